The molecule has 2 rings (SSSR count). The fraction of sp³-hybridized carbons (Fsp3) is 0.182. The Bertz CT molecular complexity index is 516. The van der Waals surface area contributed by atoms with Gasteiger partial charge in [0.1, 0.15) is 5.51 Å². The van der Waals surface area contributed by atoms with Crippen molar-refractivity contribution in [1.82, 2.24) is 10.2 Å². The lowest BCUT2D eigenvalue weighted by atomic mass is 10.3. The molecule has 1 amide bonds. The van der Waals surface area contributed by atoms with Crippen molar-refractivity contribution in [2.24, 2.45) is 0 Å². The third-order valence-corrected chi connectivity index (χ3v) is 4.54. The normalized spacial score (nSPS) is 12.1. The summed E-state index contributed by atoms with van der Waals surface area (Å²) in [7, 11) is 0. The third-order valence-electron chi connectivity index (χ3n) is 2.10. The molecule has 0 saturated carbocycles. The highest BCUT2D eigenvalue weighted by molar-refractivity contribution is 9.10. The summed E-state index contributed by atoms with van der Waals surface area (Å²) in [6, 6.07) is 7.48. The highest BCUT2D eigenvalue weighted by Crippen LogP contribution is 2.25. The van der Waals surface area contributed by atoms with Gasteiger partial charge in [0.25, 0.3) is 0 Å². The quantitative estimate of drug-likeness (QED) is 0.864. The zero-order valence-electron chi connectivity index (χ0n) is 9.46. The highest BCUT2D eigenvalue weighted by atomic mass is 79.9. The van der Waals surface area contributed by atoms with E-state index in [1.807, 2.05) is 31.2 Å². The Morgan fingerprint density at radius 1 is 1.44 bits per heavy atom. The molecule has 1 aromatic heterocycles. The van der Waals surface area contributed by atoms with Crippen molar-refractivity contribution in [1.29, 1.82) is 0 Å². The Hall–Kier alpha value is -0.920. The van der Waals surface area contributed by atoms with Gasteiger partial charge in [-0.15, -0.1) is 10.2 Å². The molecule has 0 radical (unpaired) electrons. The molecule has 0 aliphatic heterocycles. The van der Waals surface area contributed by atoms with Crippen LogP contribution in [0.25, 0.3) is 0 Å². The van der Waals surface area contributed by atoms with E-state index in [0.717, 1.165) is 14.5 Å². The lowest BCUT2D eigenvalue weighted by Gasteiger charge is -2.10. The van der Waals surface area contributed by atoms with Crippen LogP contribution in [0.5, 0.6) is 0 Å². The Morgan fingerprint density at radius 3 is 2.78 bits per heavy atom. The summed E-state index contributed by atoms with van der Waals surface area (Å²) in [6.45, 7) is 1.85. The first-order chi connectivity index (χ1) is 8.65. The highest BCUT2D eigenvalue weighted by Gasteiger charge is 2.16. The van der Waals surface area contributed by atoms with Crippen LogP contribution in [0.1, 0.15) is 6.92 Å². The van der Waals surface area contributed by atoms with Crippen molar-refractivity contribution in [3.63, 3.8) is 0 Å². The number of rotatable bonds is 4. The Morgan fingerprint density at radius 2 is 2.17 bits per heavy atom. The predicted molar refractivity (Wildman–Crippen MR) is 78.0 cm³/mol. The molecule has 0 saturated heterocycles. The molecule has 1 heterocycles. The van der Waals surface area contributed by atoms with E-state index in [0.29, 0.717) is 0 Å². The van der Waals surface area contributed by atoms with Crippen LogP contribution in [0.4, 0.5) is 5.69 Å². The number of benzene rings is 1. The van der Waals surface area contributed by atoms with Crippen molar-refractivity contribution in [3.8, 4) is 0 Å². The van der Waals surface area contributed by atoms with Crippen molar-refractivity contribution < 1.29 is 4.79 Å². The van der Waals surface area contributed by atoms with E-state index in [1.165, 1.54) is 23.1 Å². The van der Waals surface area contributed by atoms with Gasteiger partial charge >= 0.3 is 0 Å². The minimum Gasteiger partial charge on any atom is -0.325 e. The first-order valence-corrected chi connectivity index (χ1v) is 7.69. The number of hydrogen-bond donors (Lipinski definition) is 1. The van der Waals surface area contributed by atoms with Gasteiger partial charge in [-0.3, -0.25) is 4.79 Å². The van der Waals surface area contributed by atoms with Gasteiger partial charge in [0, 0.05) is 10.2 Å². The molecule has 0 aliphatic carbocycles. The minimum atomic E-state index is -0.207. The number of anilines is 1. The van der Waals surface area contributed by atoms with Crippen LogP contribution >= 0.6 is 39.0 Å². The summed E-state index contributed by atoms with van der Waals surface area (Å²) < 4.78 is 1.78. The van der Waals surface area contributed by atoms with E-state index in [-0.39, 0.29) is 11.2 Å². The van der Waals surface area contributed by atoms with Crippen LogP contribution < -0.4 is 5.32 Å². The van der Waals surface area contributed by atoms with E-state index in [4.69, 9.17) is 0 Å². The van der Waals surface area contributed by atoms with E-state index >= 15 is 0 Å². The van der Waals surface area contributed by atoms with Gasteiger partial charge in [-0.1, -0.05) is 39.0 Å². The fourth-order valence-electron chi connectivity index (χ4n) is 1.20. The summed E-state index contributed by atoms with van der Waals surface area (Å²) in [6.07, 6.45) is 0. The molecule has 2 aromatic rings. The number of carbonyl (C=O) groups excluding carboxylic acids is 1. The monoisotopic (exact) mass is 343 g/mol. The maximum Gasteiger partial charge on any atom is 0.237 e. The number of nitrogens with zero attached hydrogens (tertiary/aromatic N) is 2. The molecule has 0 fully saturated rings. The predicted octanol–water partition coefficient (Wildman–Crippen LogP) is 3.42. The SMILES string of the molecule is CC(Sc1nncs1)C(=O)Nc1ccc(Br)cc1. The van der Waals surface area contributed by atoms with Crippen LogP contribution in [0.2, 0.25) is 0 Å². The maximum atomic E-state index is 11.9. The molecular weight excluding hydrogens is 334 g/mol. The number of aromatic nitrogens is 2. The molecule has 0 aliphatic rings. The summed E-state index contributed by atoms with van der Waals surface area (Å²) in [5, 5.41) is 10.3. The lowest BCUT2D eigenvalue weighted by molar-refractivity contribution is -0.115. The Labute approximate surface area is 121 Å². The second-order valence-electron chi connectivity index (χ2n) is 3.46. The second kappa shape index (κ2) is 6.31. The number of amides is 1. The molecule has 4 nitrogen and oxygen atoms in total. The molecule has 1 unspecified atom stereocenters. The van der Waals surface area contributed by atoms with Gasteiger partial charge in [-0.2, -0.15) is 0 Å². The van der Waals surface area contributed by atoms with Gasteiger partial charge in [-0.05, 0) is 31.2 Å². The van der Waals surface area contributed by atoms with Gasteiger partial charge in [0.2, 0.25) is 5.91 Å². The van der Waals surface area contributed by atoms with Crippen molar-refractivity contribution in [3.05, 3.63) is 34.2 Å². The maximum absolute atomic E-state index is 11.9. The molecular formula is C11H10BrN3OS2. The van der Waals surface area contributed by atoms with Crippen molar-refractivity contribution in [2.75, 3.05) is 5.32 Å². The zero-order valence-corrected chi connectivity index (χ0v) is 12.7. The molecule has 1 atom stereocenters. The van der Waals surface area contributed by atoms with E-state index in [2.05, 4.69) is 31.4 Å². The van der Waals surface area contributed by atoms with Gasteiger partial charge in [0.05, 0.1) is 5.25 Å². The molecule has 94 valence electrons. The van der Waals surface area contributed by atoms with Crippen LogP contribution in [0.3, 0.4) is 0 Å². The minimum absolute atomic E-state index is 0.0440. The number of nitrogens with one attached hydrogen (secondary N) is 1. The summed E-state index contributed by atoms with van der Waals surface area (Å²) in [5.41, 5.74) is 2.44. The largest absolute Gasteiger partial charge is 0.325 e. The first-order valence-electron chi connectivity index (χ1n) is 5.14. The van der Waals surface area contributed by atoms with Crippen LogP contribution in [0.15, 0.2) is 38.6 Å². The lowest BCUT2D eigenvalue weighted by Crippen LogP contribution is -2.22. The van der Waals surface area contributed by atoms with Crippen LogP contribution in [0, 0.1) is 0 Å². The van der Waals surface area contributed by atoms with Crippen molar-refractivity contribution in [2.45, 2.75) is 16.5 Å². The average Bonchev–Trinajstić information content (AvgIpc) is 2.85. The molecule has 1 aromatic carbocycles. The zero-order chi connectivity index (χ0) is 13.0. The molecule has 7 heteroatoms. The van der Waals surface area contributed by atoms with Gasteiger partial charge in [0.15, 0.2) is 4.34 Å². The standard InChI is InChI=1S/C11H10BrN3OS2/c1-7(18-11-15-13-6-17-11)10(16)14-9-4-2-8(12)3-5-9/h2-7H,1H3,(H,14,16). The Kier molecular flexibility index (Phi) is 4.73. The van der Waals surface area contributed by atoms with Crippen molar-refractivity contribution >= 4 is 50.6 Å². The third kappa shape index (κ3) is 3.79. The van der Waals surface area contributed by atoms with Crippen LogP contribution in [-0.4, -0.2) is 21.4 Å². The van der Waals surface area contributed by atoms with E-state index < -0.39 is 0 Å². The summed E-state index contributed by atoms with van der Waals surface area (Å²) >= 11 is 6.19. The average molecular weight is 344 g/mol. The topological polar surface area (TPSA) is 54.9 Å². The Balaban J connectivity index is 1.93. The number of carbonyl (C=O) groups is 1. The number of hydrogen-bond acceptors (Lipinski definition) is 5. The fourth-order valence-corrected chi connectivity index (χ4v) is 3.09. The van der Waals surface area contributed by atoms with Gasteiger partial charge < -0.3 is 5.32 Å². The van der Waals surface area contributed by atoms with Crippen LogP contribution in [-0.2, 0) is 4.79 Å². The van der Waals surface area contributed by atoms with Gasteiger partial charge in [-0.25, -0.2) is 0 Å². The first kappa shape index (κ1) is 13.5. The molecule has 18 heavy (non-hydrogen) atoms. The van der Waals surface area contributed by atoms with E-state index in [9.17, 15) is 4.79 Å². The smallest absolute Gasteiger partial charge is 0.237 e. The molecule has 0 spiro atoms. The van der Waals surface area contributed by atoms with E-state index in [1.54, 1.807) is 5.51 Å². The second-order valence-corrected chi connectivity index (χ2v) is 6.80. The number of thioether (sulfide) groups is 1. The summed E-state index contributed by atoms with van der Waals surface area (Å²) in [4.78, 5) is 11.9. The number of halogens is 1. The molecule has 0 bridgehead atoms. The molecule has 1 N–H and O–H groups in total. The summed E-state index contributed by atoms with van der Waals surface area (Å²) in [5.74, 6) is -0.0440.